The molecule has 3 nitrogen and oxygen atoms in total. The van der Waals surface area contributed by atoms with E-state index >= 15 is 0 Å². The van der Waals surface area contributed by atoms with Crippen LogP contribution in [0.4, 0.5) is 0 Å². The van der Waals surface area contributed by atoms with Crippen molar-refractivity contribution >= 4 is 97.9 Å². The Bertz CT molecular complexity index is 3770. The number of furan rings is 1. The maximum absolute atomic E-state index is 6.81. The molecule has 3 heteroatoms. The summed E-state index contributed by atoms with van der Waals surface area (Å²) < 4.78 is 11.7. The van der Waals surface area contributed by atoms with Crippen molar-refractivity contribution in [2.24, 2.45) is 0 Å². The van der Waals surface area contributed by atoms with Gasteiger partial charge in [0.1, 0.15) is 11.2 Å². The molecule has 3 aromatic heterocycles. The van der Waals surface area contributed by atoms with Crippen LogP contribution >= 0.6 is 0 Å². The summed E-state index contributed by atoms with van der Waals surface area (Å²) in [7, 11) is 0. The fourth-order valence-electron chi connectivity index (χ4n) is 9.86. The van der Waals surface area contributed by atoms with Crippen molar-refractivity contribution in [2.45, 2.75) is 0 Å². The Morgan fingerprint density at radius 3 is 1.63 bits per heavy atom. The maximum Gasteiger partial charge on any atom is 0.145 e. The van der Waals surface area contributed by atoms with Gasteiger partial charge < -0.3 is 13.6 Å². The van der Waals surface area contributed by atoms with Gasteiger partial charge in [-0.15, -0.1) is 0 Å². The zero-order valence-corrected chi connectivity index (χ0v) is 30.8. The van der Waals surface area contributed by atoms with Crippen molar-refractivity contribution in [2.75, 3.05) is 0 Å². The highest BCUT2D eigenvalue weighted by Gasteiger charge is 2.24. The highest BCUT2D eigenvalue weighted by atomic mass is 16.3. The zero-order chi connectivity index (χ0) is 37.2. The topological polar surface area (TPSA) is 23.0 Å². The van der Waals surface area contributed by atoms with Crippen LogP contribution in [0.3, 0.4) is 0 Å². The second-order valence-electron chi connectivity index (χ2n) is 15.2. The Morgan fingerprint density at radius 2 is 0.860 bits per heavy atom. The first-order valence-corrected chi connectivity index (χ1v) is 19.6. The van der Waals surface area contributed by atoms with E-state index in [-0.39, 0.29) is 0 Å². The van der Waals surface area contributed by atoms with Crippen LogP contribution in [-0.4, -0.2) is 9.13 Å². The second kappa shape index (κ2) is 11.5. The maximum atomic E-state index is 6.81. The summed E-state index contributed by atoms with van der Waals surface area (Å²) in [4.78, 5) is 0. The van der Waals surface area contributed by atoms with Gasteiger partial charge in [-0.3, -0.25) is 0 Å². The molecule has 0 atom stereocenters. The van der Waals surface area contributed by atoms with Gasteiger partial charge in [0.15, 0.2) is 0 Å². The number of benzene rings is 10. The summed E-state index contributed by atoms with van der Waals surface area (Å²) in [6, 6.07) is 70.7. The largest absolute Gasteiger partial charge is 0.455 e. The van der Waals surface area contributed by atoms with E-state index in [4.69, 9.17) is 4.42 Å². The Morgan fingerprint density at radius 1 is 0.298 bits per heavy atom. The highest BCUT2D eigenvalue weighted by Crippen LogP contribution is 2.46. The molecule has 57 heavy (non-hydrogen) atoms. The molecular formula is C54H32N2O. The van der Waals surface area contributed by atoms with Gasteiger partial charge in [0, 0.05) is 38.3 Å². The van der Waals surface area contributed by atoms with E-state index in [0.717, 1.165) is 49.7 Å². The van der Waals surface area contributed by atoms with Crippen LogP contribution in [0.25, 0.3) is 120 Å². The highest BCUT2D eigenvalue weighted by molar-refractivity contribution is 6.31. The van der Waals surface area contributed by atoms with Crippen LogP contribution < -0.4 is 0 Å². The lowest BCUT2D eigenvalue weighted by atomic mass is 9.94. The first-order valence-electron chi connectivity index (χ1n) is 19.6. The molecule has 0 spiro atoms. The molecule has 13 rings (SSSR count). The van der Waals surface area contributed by atoms with E-state index in [0.29, 0.717) is 0 Å². The molecule has 13 aromatic rings. The Kier molecular flexibility index (Phi) is 6.16. The fourth-order valence-corrected chi connectivity index (χ4v) is 9.86. The molecule has 0 aliphatic rings. The van der Waals surface area contributed by atoms with Crippen molar-refractivity contribution in [1.82, 2.24) is 9.13 Å². The van der Waals surface area contributed by atoms with Crippen LogP contribution in [0.2, 0.25) is 0 Å². The monoisotopic (exact) mass is 724 g/mol. The van der Waals surface area contributed by atoms with Crippen molar-refractivity contribution in [1.29, 1.82) is 0 Å². The average molecular weight is 725 g/mol. The predicted molar refractivity (Wildman–Crippen MR) is 240 cm³/mol. The first kappa shape index (κ1) is 30.7. The molecular weight excluding hydrogens is 693 g/mol. The lowest BCUT2D eigenvalue weighted by Gasteiger charge is -2.14. The van der Waals surface area contributed by atoms with Crippen molar-refractivity contribution in [3.63, 3.8) is 0 Å². The van der Waals surface area contributed by atoms with E-state index in [2.05, 4.69) is 203 Å². The van der Waals surface area contributed by atoms with Crippen molar-refractivity contribution in [3.05, 3.63) is 194 Å². The molecule has 0 radical (unpaired) electrons. The van der Waals surface area contributed by atoms with Crippen LogP contribution in [0.15, 0.2) is 199 Å². The molecule has 0 saturated heterocycles. The molecule has 0 saturated carbocycles. The quantitative estimate of drug-likeness (QED) is 0.166. The van der Waals surface area contributed by atoms with Gasteiger partial charge in [0.25, 0.3) is 0 Å². The number of aromatic nitrogens is 2. The van der Waals surface area contributed by atoms with Gasteiger partial charge in [-0.05, 0) is 104 Å². The van der Waals surface area contributed by atoms with Crippen LogP contribution in [0.1, 0.15) is 0 Å². The third-order valence-corrected chi connectivity index (χ3v) is 12.3. The molecule has 0 aliphatic heterocycles. The van der Waals surface area contributed by atoms with Gasteiger partial charge in [-0.25, -0.2) is 0 Å². The third kappa shape index (κ3) is 4.20. The SMILES string of the molecule is c1ccc(-c2cccc(-n3c4ccccc4c4c3ccc3c5c6oc7ccccc7c6ccc5n(-c5ccc6c7ccccc7c7ccccc7c6c5)c34)c2)cc1. The summed E-state index contributed by atoms with van der Waals surface area (Å²) in [6.45, 7) is 0. The van der Waals surface area contributed by atoms with Crippen molar-refractivity contribution in [3.8, 4) is 22.5 Å². The summed E-state index contributed by atoms with van der Waals surface area (Å²) in [5.41, 5.74) is 11.1. The lowest BCUT2D eigenvalue weighted by molar-refractivity contribution is 0.673. The van der Waals surface area contributed by atoms with Crippen LogP contribution in [-0.2, 0) is 0 Å². The minimum atomic E-state index is 0.904. The number of hydrogen-bond acceptors (Lipinski definition) is 1. The molecule has 0 aliphatic carbocycles. The first-order chi connectivity index (χ1) is 28.3. The van der Waals surface area contributed by atoms with Crippen molar-refractivity contribution < 1.29 is 4.42 Å². The molecule has 0 unspecified atom stereocenters. The Balaban J connectivity index is 1.20. The molecule has 0 fully saturated rings. The minimum Gasteiger partial charge on any atom is -0.455 e. The van der Waals surface area contributed by atoms with Gasteiger partial charge >= 0.3 is 0 Å². The number of nitrogens with zero attached hydrogens (tertiary/aromatic N) is 2. The standard InChI is InChI=1S/C54H32N2O/c1-2-13-33(14-3-1)34-15-12-16-35(31-34)55-47-23-10-8-22-44(47)51-48(55)30-28-45-52-49(29-27-43-42-21-9-11-24-50(42)57-54(43)52)56(53(45)51)36-25-26-41-39-19-5-4-17-37(39)38-18-6-7-20-40(38)46(41)32-36/h1-32H. The summed E-state index contributed by atoms with van der Waals surface area (Å²) in [5, 5.41) is 14.6. The van der Waals surface area contributed by atoms with E-state index in [1.165, 1.54) is 70.6 Å². The Labute approximate surface area is 326 Å². The summed E-state index contributed by atoms with van der Waals surface area (Å²) >= 11 is 0. The minimum absolute atomic E-state index is 0.904. The number of fused-ring (bicyclic) bond motifs is 17. The van der Waals surface area contributed by atoms with Gasteiger partial charge in [-0.2, -0.15) is 0 Å². The molecule has 0 bridgehead atoms. The summed E-state index contributed by atoms with van der Waals surface area (Å²) in [5.74, 6) is 0. The van der Waals surface area contributed by atoms with Gasteiger partial charge in [-0.1, -0.05) is 133 Å². The van der Waals surface area contributed by atoms with Crippen LogP contribution in [0, 0.1) is 0 Å². The van der Waals surface area contributed by atoms with E-state index in [9.17, 15) is 0 Å². The summed E-state index contributed by atoms with van der Waals surface area (Å²) in [6.07, 6.45) is 0. The van der Waals surface area contributed by atoms with Crippen LogP contribution in [0.5, 0.6) is 0 Å². The molecule has 10 aromatic carbocycles. The molecule has 0 N–H and O–H groups in total. The number of rotatable bonds is 3. The predicted octanol–water partition coefficient (Wildman–Crippen LogP) is 14.9. The molecule has 3 heterocycles. The van der Waals surface area contributed by atoms with Gasteiger partial charge in [0.05, 0.1) is 27.5 Å². The van der Waals surface area contributed by atoms with E-state index < -0.39 is 0 Å². The third-order valence-electron chi connectivity index (χ3n) is 12.3. The fraction of sp³-hybridized carbons (Fsp3) is 0. The molecule has 0 amide bonds. The lowest BCUT2D eigenvalue weighted by Crippen LogP contribution is -1.96. The van der Waals surface area contributed by atoms with E-state index in [1.807, 2.05) is 0 Å². The normalized spacial score (nSPS) is 12.2. The zero-order valence-electron chi connectivity index (χ0n) is 30.8. The second-order valence-corrected chi connectivity index (χ2v) is 15.2. The van der Waals surface area contributed by atoms with E-state index in [1.54, 1.807) is 0 Å². The Hall–Kier alpha value is -7.62. The van der Waals surface area contributed by atoms with Gasteiger partial charge in [0.2, 0.25) is 0 Å². The average Bonchev–Trinajstić information content (AvgIpc) is 3.94. The number of hydrogen-bond donors (Lipinski definition) is 0. The smallest absolute Gasteiger partial charge is 0.145 e. The molecule has 264 valence electrons. The number of para-hydroxylation sites is 2.